The van der Waals surface area contributed by atoms with Gasteiger partial charge >= 0.3 is 0 Å². The molecule has 0 spiro atoms. The fraction of sp³-hybridized carbons (Fsp3) is 0.389. The van der Waals surface area contributed by atoms with Crippen molar-refractivity contribution in [2.75, 3.05) is 25.0 Å². The fourth-order valence-corrected chi connectivity index (χ4v) is 5.50. The number of nitrogens with one attached hydrogen (secondary N) is 3. The highest BCUT2D eigenvalue weighted by Gasteiger charge is 2.36. The molecule has 1 aromatic carbocycles. The molecule has 0 bridgehead atoms. The number of aryl methyl sites for hydroxylation is 1. The lowest BCUT2D eigenvalue weighted by Gasteiger charge is -2.26. The van der Waals surface area contributed by atoms with E-state index in [4.69, 9.17) is 0 Å². The van der Waals surface area contributed by atoms with Gasteiger partial charge in [-0.1, -0.05) is 6.07 Å². The van der Waals surface area contributed by atoms with Crippen molar-refractivity contribution >= 4 is 33.3 Å². The number of aromatic nitrogens is 3. The van der Waals surface area contributed by atoms with Crippen molar-refractivity contribution in [1.82, 2.24) is 24.8 Å². The molecule has 2 aliphatic rings. The second-order valence-corrected chi connectivity index (χ2v) is 8.85. The molecule has 0 aliphatic carbocycles. The smallest absolute Gasteiger partial charge is 0.256 e. The van der Waals surface area contributed by atoms with Gasteiger partial charge in [0.2, 0.25) is 10.0 Å². The third kappa shape index (κ3) is 3.23. The van der Waals surface area contributed by atoms with E-state index in [2.05, 4.69) is 25.8 Å². The highest BCUT2D eigenvalue weighted by molar-refractivity contribution is 7.89. The molecule has 28 heavy (non-hydrogen) atoms. The molecule has 0 radical (unpaired) electrons. The van der Waals surface area contributed by atoms with Gasteiger partial charge in [-0.05, 0) is 45.0 Å². The van der Waals surface area contributed by atoms with E-state index in [0.29, 0.717) is 36.0 Å². The minimum Gasteiger partial charge on any atom is -0.321 e. The van der Waals surface area contributed by atoms with Crippen LogP contribution in [0.15, 0.2) is 23.1 Å². The Morgan fingerprint density at radius 3 is 2.89 bits per heavy atom. The first kappa shape index (κ1) is 18.8. The topological polar surface area (TPSA) is 120 Å². The summed E-state index contributed by atoms with van der Waals surface area (Å²) < 4.78 is 28.5. The summed E-state index contributed by atoms with van der Waals surface area (Å²) in [7, 11) is -3.79. The number of hydrogen-bond acceptors (Lipinski definition) is 6. The zero-order chi connectivity index (χ0) is 19.9. The van der Waals surface area contributed by atoms with Gasteiger partial charge in [-0.2, -0.15) is 9.40 Å². The molecule has 1 unspecified atom stereocenters. The predicted octanol–water partition coefficient (Wildman–Crippen LogP) is 0.978. The van der Waals surface area contributed by atoms with Crippen LogP contribution in [0.3, 0.4) is 0 Å². The van der Waals surface area contributed by atoms with E-state index < -0.39 is 10.0 Å². The van der Waals surface area contributed by atoms with Crippen molar-refractivity contribution in [2.24, 2.45) is 0 Å². The highest BCUT2D eigenvalue weighted by atomic mass is 32.2. The normalized spacial score (nSPS) is 22.1. The number of rotatable bonds is 3. The third-order valence-corrected chi connectivity index (χ3v) is 6.98. The number of nitrogens with zero attached hydrogens (tertiary/aromatic N) is 3. The largest absolute Gasteiger partial charge is 0.321 e. The standard InChI is InChI=1S/C18H22N6O3S/c1-11-10-19-7-4-8-24(11)28(26,27)15-6-3-5-14-17(15)13(18(25)21-14)9-16-20-12(2)22-23-16/h3,5-6,9,11,19H,4,7-8,10H2,1-2H3,(H,21,25)(H,20,22,23)/b13-9-. The summed E-state index contributed by atoms with van der Waals surface area (Å²) in [5, 5.41) is 12.7. The third-order valence-electron chi connectivity index (χ3n) is 4.93. The summed E-state index contributed by atoms with van der Waals surface area (Å²) in [4.78, 5) is 16.9. The van der Waals surface area contributed by atoms with Crippen LogP contribution in [0.2, 0.25) is 0 Å². The van der Waals surface area contributed by atoms with Gasteiger partial charge in [0.15, 0.2) is 5.82 Å². The molecule has 10 heteroatoms. The van der Waals surface area contributed by atoms with Crippen molar-refractivity contribution in [3.05, 3.63) is 35.4 Å². The van der Waals surface area contributed by atoms with Crippen LogP contribution in [0.4, 0.5) is 5.69 Å². The predicted molar refractivity (Wildman–Crippen MR) is 105 cm³/mol. The zero-order valence-electron chi connectivity index (χ0n) is 15.7. The first-order valence-corrected chi connectivity index (χ1v) is 10.6. The van der Waals surface area contributed by atoms with Gasteiger partial charge in [-0.15, -0.1) is 0 Å². The monoisotopic (exact) mass is 402 g/mol. The summed E-state index contributed by atoms with van der Waals surface area (Å²) >= 11 is 0. The van der Waals surface area contributed by atoms with Crippen LogP contribution in [0.1, 0.15) is 30.6 Å². The Hall–Kier alpha value is -2.56. The molecule has 1 saturated heterocycles. The molecule has 2 aliphatic heterocycles. The molecule has 0 saturated carbocycles. The number of fused-ring (bicyclic) bond motifs is 1. The van der Waals surface area contributed by atoms with E-state index in [1.807, 2.05) is 6.92 Å². The van der Waals surface area contributed by atoms with Crippen LogP contribution in [0, 0.1) is 6.92 Å². The van der Waals surface area contributed by atoms with Gasteiger partial charge < -0.3 is 10.6 Å². The number of anilines is 1. The lowest BCUT2D eigenvalue weighted by atomic mass is 10.1. The molecule has 1 aromatic heterocycles. The molecular weight excluding hydrogens is 380 g/mol. The van der Waals surface area contributed by atoms with Crippen molar-refractivity contribution < 1.29 is 13.2 Å². The molecule has 3 N–H and O–H groups in total. The molecule has 1 amide bonds. The number of hydrogen-bond donors (Lipinski definition) is 3. The van der Waals surface area contributed by atoms with E-state index in [0.717, 1.165) is 13.0 Å². The minimum atomic E-state index is -3.79. The molecule has 2 aromatic rings. The lowest BCUT2D eigenvalue weighted by Crippen LogP contribution is -2.41. The summed E-state index contributed by atoms with van der Waals surface area (Å²) in [5.74, 6) is 0.568. The number of carbonyl (C=O) groups excluding carboxylic acids is 1. The number of amides is 1. The minimum absolute atomic E-state index is 0.121. The van der Waals surface area contributed by atoms with Gasteiger partial charge in [-0.25, -0.2) is 13.4 Å². The fourth-order valence-electron chi connectivity index (χ4n) is 3.60. The Morgan fingerprint density at radius 1 is 1.32 bits per heavy atom. The summed E-state index contributed by atoms with van der Waals surface area (Å²) in [5.41, 5.74) is 1.10. The van der Waals surface area contributed by atoms with Crippen LogP contribution in [0.5, 0.6) is 0 Å². The maximum absolute atomic E-state index is 13.5. The van der Waals surface area contributed by atoms with E-state index in [-0.39, 0.29) is 22.4 Å². The number of carbonyl (C=O) groups is 1. The Balaban J connectivity index is 1.84. The van der Waals surface area contributed by atoms with Gasteiger partial charge in [0.25, 0.3) is 5.91 Å². The summed E-state index contributed by atoms with van der Waals surface area (Å²) in [6.45, 7) is 5.43. The lowest BCUT2D eigenvalue weighted by molar-refractivity contribution is -0.110. The van der Waals surface area contributed by atoms with Crippen LogP contribution in [-0.4, -0.2) is 59.5 Å². The van der Waals surface area contributed by atoms with Crippen LogP contribution in [-0.2, 0) is 14.8 Å². The molecule has 4 rings (SSSR count). The van der Waals surface area contributed by atoms with Crippen molar-refractivity contribution in [3.8, 4) is 0 Å². The van der Waals surface area contributed by atoms with Crippen molar-refractivity contribution in [2.45, 2.75) is 31.2 Å². The zero-order valence-corrected chi connectivity index (χ0v) is 16.5. The number of benzene rings is 1. The van der Waals surface area contributed by atoms with Crippen molar-refractivity contribution in [3.63, 3.8) is 0 Å². The highest BCUT2D eigenvalue weighted by Crippen LogP contribution is 2.39. The molecular formula is C18H22N6O3S. The quantitative estimate of drug-likeness (QED) is 0.658. The maximum atomic E-state index is 13.5. The molecule has 9 nitrogen and oxygen atoms in total. The average molecular weight is 402 g/mol. The van der Waals surface area contributed by atoms with E-state index in [9.17, 15) is 13.2 Å². The van der Waals surface area contributed by atoms with Crippen LogP contribution < -0.4 is 10.6 Å². The Labute approximate surface area is 163 Å². The average Bonchev–Trinajstić information content (AvgIpc) is 3.11. The SMILES string of the molecule is Cc1nc(/C=C2\C(=O)Nc3cccc(S(=O)(=O)N4CCCNCC4C)c32)n[nH]1. The van der Waals surface area contributed by atoms with E-state index in [1.54, 1.807) is 25.1 Å². The van der Waals surface area contributed by atoms with Crippen molar-refractivity contribution in [1.29, 1.82) is 0 Å². The Bertz CT molecular complexity index is 1060. The first-order valence-electron chi connectivity index (χ1n) is 9.16. The molecule has 3 heterocycles. The Morgan fingerprint density at radius 2 is 2.14 bits per heavy atom. The molecule has 148 valence electrons. The van der Waals surface area contributed by atoms with E-state index in [1.165, 1.54) is 10.4 Å². The summed E-state index contributed by atoms with van der Waals surface area (Å²) in [6.07, 6.45) is 2.24. The first-order chi connectivity index (χ1) is 13.4. The molecule has 1 atom stereocenters. The number of H-pyrrole nitrogens is 1. The van der Waals surface area contributed by atoms with E-state index >= 15 is 0 Å². The van der Waals surface area contributed by atoms with Gasteiger partial charge in [0, 0.05) is 24.7 Å². The van der Waals surface area contributed by atoms with Gasteiger partial charge in [-0.3, -0.25) is 9.89 Å². The maximum Gasteiger partial charge on any atom is 0.256 e. The number of sulfonamides is 1. The van der Waals surface area contributed by atoms with Crippen LogP contribution >= 0.6 is 0 Å². The Kier molecular flexibility index (Phi) is 4.77. The van der Waals surface area contributed by atoms with Gasteiger partial charge in [0.1, 0.15) is 5.82 Å². The van der Waals surface area contributed by atoms with Crippen LogP contribution in [0.25, 0.3) is 11.6 Å². The summed E-state index contributed by atoms with van der Waals surface area (Å²) in [6, 6.07) is 4.71. The second-order valence-electron chi connectivity index (χ2n) is 6.99. The second kappa shape index (κ2) is 7.12. The van der Waals surface area contributed by atoms with Gasteiger partial charge in [0.05, 0.1) is 16.2 Å². The number of aromatic amines is 1. The molecule has 1 fully saturated rings.